The summed E-state index contributed by atoms with van der Waals surface area (Å²) in [6.07, 6.45) is 1.62. The lowest BCUT2D eigenvalue weighted by molar-refractivity contribution is 0.474. The van der Waals surface area contributed by atoms with Gasteiger partial charge in [0.1, 0.15) is 0 Å². The number of pyridine rings is 1. The van der Waals surface area contributed by atoms with Gasteiger partial charge in [-0.05, 0) is 26.0 Å². The molecule has 0 fully saturated rings. The van der Waals surface area contributed by atoms with Crippen LogP contribution in [-0.4, -0.2) is 14.7 Å². The monoisotopic (exact) mass is 235 g/mol. The molecule has 16 heavy (non-hydrogen) atoms. The number of aromatic nitrogens is 2. The smallest absolute Gasteiger partial charge is 0.197 e. The average molecular weight is 235 g/mol. The number of aromatic hydroxyl groups is 1. The molecule has 0 aliphatic heterocycles. The van der Waals surface area contributed by atoms with Gasteiger partial charge in [0.15, 0.2) is 16.4 Å². The maximum Gasteiger partial charge on any atom is 0.197 e. The maximum absolute atomic E-state index is 9.58. The SMILES string of the molecule is CCn1c(C)cs/c1=N\c1ncccc1O. The van der Waals surface area contributed by atoms with E-state index in [9.17, 15) is 5.11 Å². The predicted octanol–water partition coefficient (Wildman–Crippen LogP) is 2.21. The van der Waals surface area contributed by atoms with Crippen LogP contribution in [0.25, 0.3) is 0 Å². The molecular weight excluding hydrogens is 222 g/mol. The zero-order chi connectivity index (χ0) is 11.5. The number of hydrogen-bond donors (Lipinski definition) is 1. The predicted molar refractivity (Wildman–Crippen MR) is 63.8 cm³/mol. The molecule has 0 atom stereocenters. The van der Waals surface area contributed by atoms with Crippen molar-refractivity contribution >= 4 is 17.2 Å². The van der Waals surface area contributed by atoms with Crippen molar-refractivity contribution in [2.24, 2.45) is 4.99 Å². The summed E-state index contributed by atoms with van der Waals surface area (Å²) in [4.78, 5) is 9.24. The Hall–Kier alpha value is -1.62. The lowest BCUT2D eigenvalue weighted by atomic mass is 10.4. The second-order valence-electron chi connectivity index (χ2n) is 3.36. The first-order chi connectivity index (χ1) is 7.72. The quantitative estimate of drug-likeness (QED) is 0.867. The minimum absolute atomic E-state index is 0.108. The number of hydrogen-bond acceptors (Lipinski definition) is 4. The van der Waals surface area contributed by atoms with E-state index < -0.39 is 0 Å². The first-order valence-electron chi connectivity index (χ1n) is 5.06. The summed E-state index contributed by atoms with van der Waals surface area (Å²) >= 11 is 1.55. The Morgan fingerprint density at radius 2 is 2.38 bits per heavy atom. The van der Waals surface area contributed by atoms with E-state index in [1.54, 1.807) is 29.7 Å². The third-order valence-corrected chi connectivity index (χ3v) is 3.26. The normalized spacial score (nSPS) is 12.0. The van der Waals surface area contributed by atoms with Gasteiger partial charge in [0.05, 0.1) is 0 Å². The van der Waals surface area contributed by atoms with Crippen LogP contribution in [0.5, 0.6) is 5.75 Å². The minimum Gasteiger partial charge on any atom is -0.504 e. The molecule has 0 aromatic carbocycles. The Bertz CT molecular complexity index is 556. The number of nitrogens with zero attached hydrogens (tertiary/aromatic N) is 3. The standard InChI is InChI=1S/C11H13N3OS/c1-3-14-8(2)7-16-11(14)13-10-9(15)5-4-6-12-10/h4-7,15H,3H2,1-2H3/b13-11-. The van der Waals surface area contributed by atoms with Crippen molar-refractivity contribution < 1.29 is 5.11 Å². The second kappa shape index (κ2) is 4.49. The highest BCUT2D eigenvalue weighted by Gasteiger charge is 2.02. The summed E-state index contributed by atoms with van der Waals surface area (Å²) in [7, 11) is 0. The molecule has 2 aromatic heterocycles. The van der Waals surface area contributed by atoms with Gasteiger partial charge in [0, 0.05) is 23.8 Å². The largest absolute Gasteiger partial charge is 0.504 e. The molecule has 0 unspecified atom stereocenters. The molecule has 1 N–H and O–H groups in total. The van der Waals surface area contributed by atoms with E-state index in [0.717, 1.165) is 11.3 Å². The van der Waals surface area contributed by atoms with Gasteiger partial charge in [-0.15, -0.1) is 11.3 Å². The van der Waals surface area contributed by atoms with Gasteiger partial charge < -0.3 is 9.67 Å². The highest BCUT2D eigenvalue weighted by Crippen LogP contribution is 2.21. The molecule has 0 radical (unpaired) electrons. The van der Waals surface area contributed by atoms with E-state index >= 15 is 0 Å². The molecule has 0 amide bonds. The molecule has 0 aliphatic carbocycles. The van der Waals surface area contributed by atoms with Crippen LogP contribution in [0.3, 0.4) is 0 Å². The van der Waals surface area contributed by atoms with Gasteiger partial charge >= 0.3 is 0 Å². The first kappa shape index (κ1) is 10.9. The van der Waals surface area contributed by atoms with Crippen LogP contribution >= 0.6 is 11.3 Å². The Balaban J connectivity index is 2.56. The third-order valence-electron chi connectivity index (χ3n) is 2.28. The van der Waals surface area contributed by atoms with Crippen LogP contribution in [0.1, 0.15) is 12.6 Å². The van der Waals surface area contributed by atoms with Crippen LogP contribution in [0.2, 0.25) is 0 Å². The fourth-order valence-corrected chi connectivity index (χ4v) is 2.40. The summed E-state index contributed by atoms with van der Waals surface area (Å²) in [5.74, 6) is 0.475. The fraction of sp³-hybridized carbons (Fsp3) is 0.273. The highest BCUT2D eigenvalue weighted by atomic mass is 32.1. The van der Waals surface area contributed by atoms with Gasteiger partial charge in [0.2, 0.25) is 0 Å². The molecule has 0 saturated carbocycles. The lowest BCUT2D eigenvalue weighted by Crippen LogP contribution is -2.14. The number of rotatable bonds is 2. The van der Waals surface area contributed by atoms with Crippen LogP contribution in [0.4, 0.5) is 5.82 Å². The van der Waals surface area contributed by atoms with Crippen molar-refractivity contribution in [2.75, 3.05) is 0 Å². The van der Waals surface area contributed by atoms with Gasteiger partial charge in [-0.2, -0.15) is 4.99 Å². The van der Waals surface area contributed by atoms with Crippen molar-refractivity contribution in [1.82, 2.24) is 9.55 Å². The zero-order valence-electron chi connectivity index (χ0n) is 9.21. The van der Waals surface area contributed by atoms with Gasteiger partial charge in [-0.25, -0.2) is 4.98 Å². The molecule has 0 saturated heterocycles. The van der Waals surface area contributed by atoms with Crippen LogP contribution in [0, 0.1) is 6.92 Å². The topological polar surface area (TPSA) is 50.4 Å². The molecular formula is C11H13N3OS. The van der Waals surface area contributed by atoms with Crippen molar-refractivity contribution in [2.45, 2.75) is 20.4 Å². The van der Waals surface area contributed by atoms with Crippen LogP contribution in [-0.2, 0) is 6.54 Å². The summed E-state index contributed by atoms with van der Waals surface area (Å²) < 4.78 is 2.08. The first-order valence-corrected chi connectivity index (χ1v) is 5.94. The molecule has 0 aliphatic rings. The summed E-state index contributed by atoms with van der Waals surface area (Å²) in [6, 6.07) is 3.27. The number of thiazole rings is 1. The molecule has 2 rings (SSSR count). The third kappa shape index (κ3) is 1.99. The Morgan fingerprint density at radius 1 is 1.56 bits per heavy atom. The Kier molecular flexibility index (Phi) is 3.05. The zero-order valence-corrected chi connectivity index (χ0v) is 10.0. The molecule has 0 bridgehead atoms. The van der Waals surface area contributed by atoms with Crippen molar-refractivity contribution in [3.05, 3.63) is 34.2 Å². The van der Waals surface area contributed by atoms with Crippen molar-refractivity contribution in [1.29, 1.82) is 0 Å². The van der Waals surface area contributed by atoms with E-state index in [2.05, 4.69) is 21.5 Å². The fourth-order valence-electron chi connectivity index (χ4n) is 1.45. The van der Waals surface area contributed by atoms with Crippen molar-refractivity contribution in [3.63, 3.8) is 0 Å². The Morgan fingerprint density at radius 3 is 3.06 bits per heavy atom. The molecule has 5 heteroatoms. The molecule has 0 spiro atoms. The summed E-state index contributed by atoms with van der Waals surface area (Å²) in [5, 5.41) is 11.6. The van der Waals surface area contributed by atoms with Crippen molar-refractivity contribution in [3.8, 4) is 5.75 Å². The summed E-state index contributed by atoms with van der Waals surface area (Å²) in [5.41, 5.74) is 1.17. The molecule has 2 heterocycles. The van der Waals surface area contributed by atoms with Gasteiger partial charge in [-0.3, -0.25) is 0 Å². The van der Waals surface area contributed by atoms with E-state index in [4.69, 9.17) is 0 Å². The van der Waals surface area contributed by atoms with Crippen LogP contribution in [0.15, 0.2) is 28.7 Å². The van der Waals surface area contributed by atoms with E-state index in [0.29, 0.717) is 5.82 Å². The van der Waals surface area contributed by atoms with Crippen LogP contribution < -0.4 is 4.80 Å². The van der Waals surface area contributed by atoms with E-state index in [1.807, 2.05) is 12.3 Å². The average Bonchev–Trinajstić information content (AvgIpc) is 2.63. The molecule has 2 aromatic rings. The molecule has 4 nitrogen and oxygen atoms in total. The lowest BCUT2D eigenvalue weighted by Gasteiger charge is -2.00. The maximum atomic E-state index is 9.58. The van der Waals surface area contributed by atoms with E-state index in [1.165, 1.54) is 5.69 Å². The number of aryl methyl sites for hydroxylation is 1. The molecule has 84 valence electrons. The van der Waals surface area contributed by atoms with Gasteiger partial charge in [0.25, 0.3) is 0 Å². The summed E-state index contributed by atoms with van der Waals surface area (Å²) in [6.45, 7) is 4.97. The van der Waals surface area contributed by atoms with Gasteiger partial charge in [-0.1, -0.05) is 0 Å². The highest BCUT2D eigenvalue weighted by molar-refractivity contribution is 7.07. The Labute approximate surface area is 97.6 Å². The second-order valence-corrected chi connectivity index (χ2v) is 4.20. The van der Waals surface area contributed by atoms with E-state index in [-0.39, 0.29) is 5.75 Å². The minimum atomic E-state index is 0.108.